The van der Waals surface area contributed by atoms with Crippen LogP contribution in [0, 0.1) is 0 Å². The molecule has 1 aromatic carbocycles. The van der Waals surface area contributed by atoms with Gasteiger partial charge in [-0.1, -0.05) is 41.9 Å². The van der Waals surface area contributed by atoms with E-state index in [1.54, 1.807) is 18.3 Å². The molecule has 0 spiro atoms. The zero-order valence-corrected chi connectivity index (χ0v) is 13.3. The molecule has 6 heteroatoms. The van der Waals surface area contributed by atoms with Gasteiger partial charge in [0, 0.05) is 12.1 Å². The van der Waals surface area contributed by atoms with E-state index in [9.17, 15) is 4.79 Å². The van der Waals surface area contributed by atoms with Crippen molar-refractivity contribution in [1.29, 1.82) is 0 Å². The van der Waals surface area contributed by atoms with Gasteiger partial charge in [-0.25, -0.2) is 4.68 Å². The summed E-state index contributed by atoms with van der Waals surface area (Å²) in [5.74, 6) is 0.433. The molecular formula is C17H16ClN3O2. The van der Waals surface area contributed by atoms with Crippen LogP contribution in [-0.4, -0.2) is 21.7 Å². The number of furan rings is 1. The highest BCUT2D eigenvalue weighted by Gasteiger charge is 2.15. The van der Waals surface area contributed by atoms with Crippen molar-refractivity contribution in [2.45, 2.75) is 19.4 Å². The summed E-state index contributed by atoms with van der Waals surface area (Å²) >= 11 is 5.82. The molecule has 0 aliphatic rings. The van der Waals surface area contributed by atoms with Gasteiger partial charge in [0.1, 0.15) is 0 Å². The molecule has 0 bridgehead atoms. The molecule has 1 amide bonds. The molecule has 118 valence electrons. The summed E-state index contributed by atoms with van der Waals surface area (Å²) in [6, 6.07) is 13.3. The molecule has 23 heavy (non-hydrogen) atoms. The Morgan fingerprint density at radius 2 is 2.09 bits per heavy atom. The lowest BCUT2D eigenvalue weighted by atomic mass is 10.1. The monoisotopic (exact) mass is 329 g/mol. The standard InChI is InChI=1S/C17H16ClN3O2/c1-12(9-13-5-3-2-4-6-13)20-17(22)15-7-8-16(23-15)21-11-14(18)10-19-21/h2-8,10-12H,9H2,1H3,(H,20,22). The van der Waals surface area contributed by atoms with Gasteiger partial charge in [-0.2, -0.15) is 5.10 Å². The summed E-state index contributed by atoms with van der Waals surface area (Å²) in [6.07, 6.45) is 3.88. The van der Waals surface area contributed by atoms with Crippen LogP contribution in [0.5, 0.6) is 0 Å². The van der Waals surface area contributed by atoms with Crippen LogP contribution in [0.4, 0.5) is 0 Å². The van der Waals surface area contributed by atoms with Crippen LogP contribution < -0.4 is 5.32 Å². The molecule has 1 N–H and O–H groups in total. The lowest BCUT2D eigenvalue weighted by Crippen LogP contribution is -2.33. The highest BCUT2D eigenvalue weighted by atomic mass is 35.5. The fourth-order valence-electron chi connectivity index (χ4n) is 2.31. The fraction of sp³-hybridized carbons (Fsp3) is 0.176. The van der Waals surface area contributed by atoms with Gasteiger partial charge in [-0.05, 0) is 25.0 Å². The normalized spacial score (nSPS) is 12.1. The van der Waals surface area contributed by atoms with Gasteiger partial charge in [-0.3, -0.25) is 4.79 Å². The van der Waals surface area contributed by atoms with Crippen LogP contribution in [0.3, 0.4) is 0 Å². The highest BCUT2D eigenvalue weighted by Crippen LogP contribution is 2.15. The van der Waals surface area contributed by atoms with Gasteiger partial charge in [0.05, 0.1) is 17.4 Å². The maximum atomic E-state index is 12.2. The molecule has 1 unspecified atom stereocenters. The number of hydrogen-bond acceptors (Lipinski definition) is 3. The molecule has 3 aromatic rings. The third-order valence-electron chi connectivity index (χ3n) is 3.35. The van der Waals surface area contributed by atoms with Crippen molar-refractivity contribution in [3.8, 4) is 5.88 Å². The number of halogens is 1. The first kappa shape index (κ1) is 15.4. The van der Waals surface area contributed by atoms with Gasteiger partial charge in [-0.15, -0.1) is 0 Å². The smallest absolute Gasteiger partial charge is 0.287 e. The molecule has 1 atom stereocenters. The highest BCUT2D eigenvalue weighted by molar-refractivity contribution is 6.30. The summed E-state index contributed by atoms with van der Waals surface area (Å²) < 4.78 is 7.00. The van der Waals surface area contributed by atoms with Crippen molar-refractivity contribution >= 4 is 17.5 Å². The Hall–Kier alpha value is -2.53. The predicted molar refractivity (Wildman–Crippen MR) is 87.9 cm³/mol. The van der Waals surface area contributed by atoms with E-state index >= 15 is 0 Å². The van der Waals surface area contributed by atoms with Crippen LogP contribution in [0.25, 0.3) is 5.88 Å². The summed E-state index contributed by atoms with van der Waals surface area (Å²) in [5.41, 5.74) is 1.17. The van der Waals surface area contributed by atoms with Crippen LogP contribution in [0.15, 0.2) is 59.3 Å². The average molecular weight is 330 g/mol. The van der Waals surface area contributed by atoms with Gasteiger partial charge in [0.25, 0.3) is 5.91 Å². The maximum Gasteiger partial charge on any atom is 0.287 e. The predicted octanol–water partition coefficient (Wildman–Crippen LogP) is 3.48. The largest absolute Gasteiger partial charge is 0.433 e. The Morgan fingerprint density at radius 1 is 1.30 bits per heavy atom. The minimum Gasteiger partial charge on any atom is -0.433 e. The van der Waals surface area contributed by atoms with Crippen LogP contribution >= 0.6 is 11.6 Å². The van der Waals surface area contributed by atoms with E-state index in [-0.39, 0.29) is 17.7 Å². The lowest BCUT2D eigenvalue weighted by molar-refractivity contribution is 0.0911. The Morgan fingerprint density at radius 3 is 2.78 bits per heavy atom. The number of aromatic nitrogens is 2. The quantitative estimate of drug-likeness (QED) is 0.779. The first-order valence-corrected chi connectivity index (χ1v) is 7.65. The van der Waals surface area contributed by atoms with Gasteiger partial charge >= 0.3 is 0 Å². The molecular weight excluding hydrogens is 314 g/mol. The van der Waals surface area contributed by atoms with Crippen molar-refractivity contribution in [3.63, 3.8) is 0 Å². The van der Waals surface area contributed by atoms with E-state index in [1.807, 2.05) is 37.3 Å². The van der Waals surface area contributed by atoms with E-state index in [0.717, 1.165) is 6.42 Å². The molecule has 0 saturated carbocycles. The summed E-state index contributed by atoms with van der Waals surface area (Å²) in [5, 5.41) is 7.46. The van der Waals surface area contributed by atoms with E-state index in [2.05, 4.69) is 10.4 Å². The Bertz CT molecular complexity index is 795. The first-order valence-electron chi connectivity index (χ1n) is 7.27. The molecule has 0 aliphatic heterocycles. The fourth-order valence-corrected chi connectivity index (χ4v) is 2.44. The second-order valence-electron chi connectivity index (χ2n) is 5.31. The SMILES string of the molecule is CC(Cc1ccccc1)NC(=O)c1ccc(-n2cc(Cl)cn2)o1. The minimum atomic E-state index is -0.252. The van der Waals surface area contributed by atoms with Crippen LogP contribution in [-0.2, 0) is 6.42 Å². The van der Waals surface area contributed by atoms with Gasteiger partial charge < -0.3 is 9.73 Å². The zero-order valence-electron chi connectivity index (χ0n) is 12.6. The number of carbonyl (C=O) groups excluding carboxylic acids is 1. The van der Waals surface area contributed by atoms with Crippen molar-refractivity contribution in [3.05, 3.63) is 71.2 Å². The number of rotatable bonds is 5. The summed E-state index contributed by atoms with van der Waals surface area (Å²) in [4.78, 5) is 12.2. The second kappa shape index (κ2) is 6.71. The molecule has 2 heterocycles. The Balaban J connectivity index is 1.63. The Labute approximate surface area is 138 Å². The number of carbonyl (C=O) groups is 1. The van der Waals surface area contributed by atoms with Crippen molar-refractivity contribution in [2.75, 3.05) is 0 Å². The van der Waals surface area contributed by atoms with E-state index in [4.69, 9.17) is 16.0 Å². The van der Waals surface area contributed by atoms with Crippen LogP contribution in [0.2, 0.25) is 5.02 Å². The van der Waals surface area contributed by atoms with Crippen molar-refractivity contribution in [2.24, 2.45) is 0 Å². The summed E-state index contributed by atoms with van der Waals surface area (Å²) in [6.45, 7) is 1.96. The Kier molecular flexibility index (Phi) is 4.48. The van der Waals surface area contributed by atoms with Crippen molar-refractivity contribution in [1.82, 2.24) is 15.1 Å². The van der Waals surface area contributed by atoms with Crippen LogP contribution in [0.1, 0.15) is 23.0 Å². The lowest BCUT2D eigenvalue weighted by Gasteiger charge is -2.12. The molecule has 3 rings (SSSR count). The molecule has 0 aliphatic carbocycles. The molecule has 0 fully saturated rings. The second-order valence-corrected chi connectivity index (χ2v) is 5.74. The molecule has 0 radical (unpaired) electrons. The van der Waals surface area contributed by atoms with Gasteiger partial charge in [0.2, 0.25) is 5.88 Å². The topological polar surface area (TPSA) is 60.1 Å². The molecule has 5 nitrogen and oxygen atoms in total. The van der Waals surface area contributed by atoms with E-state index in [1.165, 1.54) is 16.4 Å². The number of benzene rings is 1. The number of nitrogens with one attached hydrogen (secondary N) is 1. The zero-order chi connectivity index (χ0) is 16.2. The average Bonchev–Trinajstić information content (AvgIpc) is 3.16. The number of hydrogen-bond donors (Lipinski definition) is 1. The maximum absolute atomic E-state index is 12.2. The third-order valence-corrected chi connectivity index (χ3v) is 3.55. The number of nitrogens with zero attached hydrogens (tertiary/aromatic N) is 2. The molecule has 2 aromatic heterocycles. The van der Waals surface area contributed by atoms with E-state index in [0.29, 0.717) is 10.9 Å². The summed E-state index contributed by atoms with van der Waals surface area (Å²) in [7, 11) is 0. The third kappa shape index (κ3) is 3.81. The minimum absolute atomic E-state index is 0.00222. The number of amides is 1. The van der Waals surface area contributed by atoms with Gasteiger partial charge in [0.15, 0.2) is 5.76 Å². The first-order chi connectivity index (χ1) is 11.1. The van der Waals surface area contributed by atoms with Crippen molar-refractivity contribution < 1.29 is 9.21 Å². The molecule has 0 saturated heterocycles. The van der Waals surface area contributed by atoms with E-state index < -0.39 is 0 Å².